The third kappa shape index (κ3) is 3.32. The molecule has 0 bridgehead atoms. The number of nitrogens with zero attached hydrogens (tertiary/aromatic N) is 2. The first kappa shape index (κ1) is 14.9. The van der Waals surface area contributed by atoms with Crippen molar-refractivity contribution in [3.8, 4) is 5.88 Å². The van der Waals surface area contributed by atoms with Gasteiger partial charge in [0, 0.05) is 11.5 Å². The smallest absolute Gasteiger partial charge is 0.242 e. The number of anilines is 2. The molecule has 1 aromatic heterocycles. The van der Waals surface area contributed by atoms with Crippen molar-refractivity contribution >= 4 is 11.5 Å². The molecule has 0 aliphatic heterocycles. The maximum absolute atomic E-state index is 6.15. The number of aromatic nitrogens is 2. The lowest BCUT2D eigenvalue weighted by atomic mass is 9.95. The van der Waals surface area contributed by atoms with Crippen LogP contribution >= 0.6 is 0 Å². The van der Waals surface area contributed by atoms with Gasteiger partial charge in [0.05, 0.1) is 6.61 Å². The van der Waals surface area contributed by atoms with Crippen molar-refractivity contribution in [3.63, 3.8) is 0 Å². The summed E-state index contributed by atoms with van der Waals surface area (Å²) >= 11 is 0. The first-order valence-corrected chi connectivity index (χ1v) is 7.49. The Morgan fingerprint density at radius 3 is 2.45 bits per heavy atom. The van der Waals surface area contributed by atoms with Gasteiger partial charge in [-0.2, -0.15) is 4.98 Å². The summed E-state index contributed by atoms with van der Waals surface area (Å²) in [6.45, 7) is 8.75. The lowest BCUT2D eigenvalue weighted by Crippen LogP contribution is -2.22. The SMILES string of the molecule is CCOc1nc(C(C)(C)C)nc(NC2CCCC2)c1N. The molecule has 1 aliphatic carbocycles. The zero-order chi connectivity index (χ0) is 14.8. The molecule has 1 aromatic rings. The highest BCUT2D eigenvalue weighted by atomic mass is 16.5. The molecule has 1 saturated carbocycles. The van der Waals surface area contributed by atoms with Crippen LogP contribution in [-0.4, -0.2) is 22.6 Å². The molecule has 0 unspecified atom stereocenters. The van der Waals surface area contributed by atoms with E-state index in [9.17, 15) is 0 Å². The van der Waals surface area contributed by atoms with Gasteiger partial charge in [-0.3, -0.25) is 0 Å². The molecule has 20 heavy (non-hydrogen) atoms. The minimum Gasteiger partial charge on any atom is -0.476 e. The average molecular weight is 278 g/mol. The van der Waals surface area contributed by atoms with E-state index in [1.807, 2.05) is 6.92 Å². The molecule has 0 aromatic carbocycles. The minimum absolute atomic E-state index is 0.133. The van der Waals surface area contributed by atoms with Crippen LogP contribution in [0, 0.1) is 0 Å². The van der Waals surface area contributed by atoms with Gasteiger partial charge in [0.2, 0.25) is 5.88 Å². The Balaban J connectivity index is 2.34. The van der Waals surface area contributed by atoms with E-state index in [1.54, 1.807) is 0 Å². The zero-order valence-electron chi connectivity index (χ0n) is 13.0. The Bertz CT molecular complexity index is 462. The number of hydrogen-bond acceptors (Lipinski definition) is 5. The molecule has 5 nitrogen and oxygen atoms in total. The van der Waals surface area contributed by atoms with E-state index < -0.39 is 0 Å². The highest BCUT2D eigenvalue weighted by Crippen LogP contribution is 2.32. The molecule has 0 saturated heterocycles. The van der Waals surface area contributed by atoms with E-state index in [0.29, 0.717) is 24.2 Å². The van der Waals surface area contributed by atoms with E-state index >= 15 is 0 Å². The molecule has 0 spiro atoms. The van der Waals surface area contributed by atoms with E-state index in [2.05, 4.69) is 36.1 Å². The summed E-state index contributed by atoms with van der Waals surface area (Å²) in [5, 5.41) is 3.46. The van der Waals surface area contributed by atoms with Gasteiger partial charge < -0.3 is 15.8 Å². The number of rotatable bonds is 4. The summed E-state index contributed by atoms with van der Waals surface area (Å²) in [4.78, 5) is 9.09. The first-order chi connectivity index (χ1) is 9.41. The second kappa shape index (κ2) is 5.85. The van der Waals surface area contributed by atoms with Crippen molar-refractivity contribution in [1.29, 1.82) is 0 Å². The van der Waals surface area contributed by atoms with E-state index in [0.717, 1.165) is 11.6 Å². The summed E-state index contributed by atoms with van der Waals surface area (Å²) in [7, 11) is 0. The maximum atomic E-state index is 6.15. The Morgan fingerprint density at radius 2 is 1.90 bits per heavy atom. The van der Waals surface area contributed by atoms with Gasteiger partial charge in [0.1, 0.15) is 11.5 Å². The molecule has 1 aliphatic rings. The maximum Gasteiger partial charge on any atom is 0.242 e. The fraction of sp³-hybridized carbons (Fsp3) is 0.733. The molecule has 1 heterocycles. The lowest BCUT2D eigenvalue weighted by Gasteiger charge is -2.22. The second-order valence-corrected chi connectivity index (χ2v) is 6.42. The molecule has 2 rings (SSSR count). The first-order valence-electron chi connectivity index (χ1n) is 7.49. The summed E-state index contributed by atoms with van der Waals surface area (Å²) < 4.78 is 5.56. The fourth-order valence-corrected chi connectivity index (χ4v) is 2.40. The largest absolute Gasteiger partial charge is 0.476 e. The van der Waals surface area contributed by atoms with Crippen molar-refractivity contribution in [3.05, 3.63) is 5.82 Å². The normalized spacial score (nSPS) is 16.4. The number of nitrogens with two attached hydrogens (primary N) is 1. The van der Waals surface area contributed by atoms with Gasteiger partial charge >= 0.3 is 0 Å². The molecular formula is C15H26N4O. The van der Waals surface area contributed by atoms with Crippen molar-refractivity contribution in [1.82, 2.24) is 9.97 Å². The number of nitrogens with one attached hydrogen (secondary N) is 1. The van der Waals surface area contributed by atoms with Gasteiger partial charge in [0.15, 0.2) is 5.82 Å². The summed E-state index contributed by atoms with van der Waals surface area (Å²) in [5.74, 6) is 1.98. The zero-order valence-corrected chi connectivity index (χ0v) is 13.0. The molecular weight excluding hydrogens is 252 g/mol. The highest BCUT2D eigenvalue weighted by Gasteiger charge is 2.24. The predicted octanol–water partition coefficient (Wildman–Crippen LogP) is 3.11. The monoisotopic (exact) mass is 278 g/mol. The minimum atomic E-state index is -0.133. The third-order valence-corrected chi connectivity index (χ3v) is 3.56. The van der Waals surface area contributed by atoms with Gasteiger partial charge in [-0.05, 0) is 19.8 Å². The van der Waals surface area contributed by atoms with Crippen LogP contribution in [0.4, 0.5) is 11.5 Å². The Kier molecular flexibility index (Phi) is 4.35. The highest BCUT2D eigenvalue weighted by molar-refractivity contribution is 5.67. The van der Waals surface area contributed by atoms with Crippen LogP contribution in [0.2, 0.25) is 0 Å². The van der Waals surface area contributed by atoms with Gasteiger partial charge in [-0.25, -0.2) is 4.98 Å². The van der Waals surface area contributed by atoms with Crippen molar-refractivity contribution in [2.45, 2.75) is 64.8 Å². The van der Waals surface area contributed by atoms with Crippen LogP contribution in [0.5, 0.6) is 5.88 Å². The molecule has 0 radical (unpaired) electrons. The van der Waals surface area contributed by atoms with Crippen LogP contribution in [0.3, 0.4) is 0 Å². The second-order valence-electron chi connectivity index (χ2n) is 6.42. The van der Waals surface area contributed by atoms with Gasteiger partial charge in [0.25, 0.3) is 0 Å². The quantitative estimate of drug-likeness (QED) is 0.885. The molecule has 1 fully saturated rings. The Labute approximate surface area is 121 Å². The summed E-state index contributed by atoms with van der Waals surface area (Å²) in [6, 6.07) is 0.467. The van der Waals surface area contributed by atoms with Crippen molar-refractivity contribution < 1.29 is 4.74 Å². The molecule has 0 amide bonds. The molecule has 3 N–H and O–H groups in total. The van der Waals surface area contributed by atoms with Crippen LogP contribution in [-0.2, 0) is 5.41 Å². The molecule has 112 valence electrons. The number of nitrogen functional groups attached to an aromatic ring is 1. The predicted molar refractivity (Wildman–Crippen MR) is 82.2 cm³/mol. The van der Waals surface area contributed by atoms with Crippen molar-refractivity contribution in [2.24, 2.45) is 0 Å². The third-order valence-electron chi connectivity index (χ3n) is 3.56. The van der Waals surface area contributed by atoms with Crippen molar-refractivity contribution in [2.75, 3.05) is 17.7 Å². The van der Waals surface area contributed by atoms with Crippen LogP contribution < -0.4 is 15.8 Å². The molecule has 5 heteroatoms. The van der Waals surface area contributed by atoms with Gasteiger partial charge in [-0.15, -0.1) is 0 Å². The van der Waals surface area contributed by atoms with E-state index in [-0.39, 0.29) is 5.41 Å². The number of hydrogen-bond donors (Lipinski definition) is 2. The summed E-state index contributed by atoms with van der Waals surface area (Å²) in [5.41, 5.74) is 6.53. The van der Waals surface area contributed by atoms with E-state index in [1.165, 1.54) is 25.7 Å². The van der Waals surface area contributed by atoms with Crippen LogP contribution in [0.15, 0.2) is 0 Å². The standard InChI is InChI=1S/C15H26N4O/c1-5-20-13-11(16)12(17-10-8-6-7-9-10)18-14(19-13)15(2,3)4/h10H,5-9,16H2,1-4H3,(H,17,18,19). The number of ether oxygens (including phenoxy) is 1. The summed E-state index contributed by atoms with van der Waals surface area (Å²) in [6.07, 6.45) is 4.90. The van der Waals surface area contributed by atoms with E-state index in [4.69, 9.17) is 10.5 Å². The van der Waals surface area contributed by atoms with Crippen LogP contribution in [0.1, 0.15) is 59.2 Å². The Morgan fingerprint density at radius 1 is 1.25 bits per heavy atom. The average Bonchev–Trinajstić information content (AvgIpc) is 2.86. The Hall–Kier alpha value is -1.52. The topological polar surface area (TPSA) is 73.1 Å². The van der Waals surface area contributed by atoms with Crippen LogP contribution in [0.25, 0.3) is 0 Å². The fourth-order valence-electron chi connectivity index (χ4n) is 2.40. The molecule has 0 atom stereocenters. The van der Waals surface area contributed by atoms with Gasteiger partial charge in [-0.1, -0.05) is 33.6 Å². The lowest BCUT2D eigenvalue weighted by molar-refractivity contribution is 0.324.